The Bertz CT molecular complexity index is 422. The summed E-state index contributed by atoms with van der Waals surface area (Å²) in [6.07, 6.45) is 14.2. The Morgan fingerprint density at radius 1 is 1.14 bits per heavy atom. The Labute approximate surface area is 123 Å². The maximum atomic E-state index is 10.7. The maximum absolute atomic E-state index is 10.7. The number of nitrogens with one attached hydrogen (secondary N) is 1. The molecule has 1 rings (SSSR count). The van der Waals surface area contributed by atoms with E-state index in [9.17, 15) is 13.2 Å². The van der Waals surface area contributed by atoms with Crippen LogP contribution in [0, 0.1) is 0 Å². The van der Waals surface area contributed by atoms with Crippen molar-refractivity contribution < 1.29 is 31.0 Å². The molecule has 0 saturated heterocycles. The third-order valence-corrected chi connectivity index (χ3v) is 3.28. The molecule has 9 heteroatoms. The Morgan fingerprint density at radius 2 is 1.67 bits per heavy atom. The first-order chi connectivity index (χ1) is 9.68. The number of quaternary nitrogens is 1. The third-order valence-electron chi connectivity index (χ3n) is 2.72. The van der Waals surface area contributed by atoms with Crippen molar-refractivity contribution in [2.75, 3.05) is 6.54 Å². The summed E-state index contributed by atoms with van der Waals surface area (Å²) in [6, 6.07) is 0. The summed E-state index contributed by atoms with van der Waals surface area (Å²) in [7, 11) is -6.09. The van der Waals surface area contributed by atoms with Crippen molar-refractivity contribution in [1.29, 1.82) is 0 Å². The van der Waals surface area contributed by atoms with Gasteiger partial charge >= 0.3 is 5.51 Å². The molecule has 0 bridgehead atoms. The van der Waals surface area contributed by atoms with Gasteiger partial charge in [0.25, 0.3) is 0 Å². The van der Waals surface area contributed by atoms with Gasteiger partial charge in [0.05, 0.1) is 12.7 Å². The molecule has 1 atom stereocenters. The van der Waals surface area contributed by atoms with Gasteiger partial charge in [-0.15, -0.1) is 0 Å². The molecule has 0 aromatic heterocycles. The summed E-state index contributed by atoms with van der Waals surface area (Å²) in [5.41, 5.74) is -5.65. The number of hydrogen-bond donors (Lipinski definition) is 1. The minimum atomic E-state index is -6.09. The van der Waals surface area contributed by atoms with Gasteiger partial charge in [-0.3, -0.25) is 4.90 Å². The van der Waals surface area contributed by atoms with Crippen LogP contribution in [-0.4, -0.2) is 31.4 Å². The van der Waals surface area contributed by atoms with Crippen LogP contribution in [0.2, 0.25) is 0 Å². The van der Waals surface area contributed by atoms with Gasteiger partial charge in [0.2, 0.25) is 0 Å². The van der Waals surface area contributed by atoms with Crippen LogP contribution in [0.1, 0.15) is 45.4 Å². The number of unbranched alkanes of at least 4 members (excludes halogenated alkanes) is 5. The molecule has 0 aliphatic carbocycles. The average Bonchev–Trinajstić information content (AvgIpc) is 2.85. The first-order valence-electron chi connectivity index (χ1n) is 6.76. The number of hydrogen-bond acceptors (Lipinski definition) is 4. The highest BCUT2D eigenvalue weighted by Gasteiger charge is 2.36. The molecule has 0 radical (unpaired) electrons. The molecule has 21 heavy (non-hydrogen) atoms. The molecule has 1 aliphatic rings. The lowest BCUT2D eigenvalue weighted by Crippen LogP contribution is -3.05. The quantitative estimate of drug-likeness (QED) is 0.439. The van der Waals surface area contributed by atoms with Crippen LogP contribution >= 0.6 is 0 Å². The molecule has 0 saturated carbocycles. The van der Waals surface area contributed by atoms with Crippen LogP contribution < -0.4 is 4.90 Å². The van der Waals surface area contributed by atoms with Crippen LogP contribution in [0.25, 0.3) is 0 Å². The Morgan fingerprint density at radius 3 is 2.10 bits per heavy atom. The molecule has 0 fully saturated rings. The zero-order chi connectivity index (χ0) is 16.4. The number of nitrogens with zero attached hydrogens (tertiary/aromatic N) is 1. The molecule has 0 spiro atoms. The molecule has 5 nitrogen and oxygen atoms in total. The van der Waals surface area contributed by atoms with E-state index < -0.39 is 15.6 Å². The van der Waals surface area contributed by atoms with E-state index in [2.05, 4.69) is 18.1 Å². The van der Waals surface area contributed by atoms with Crippen molar-refractivity contribution >= 4 is 16.5 Å². The highest BCUT2D eigenvalue weighted by atomic mass is 32.2. The summed E-state index contributed by atoms with van der Waals surface area (Å²) < 4.78 is 58.9. The lowest BCUT2D eigenvalue weighted by molar-refractivity contribution is -0.736. The van der Waals surface area contributed by atoms with Crippen LogP contribution in [-0.2, 0) is 10.1 Å². The van der Waals surface area contributed by atoms with Crippen molar-refractivity contribution in [1.82, 2.24) is 0 Å². The molecule has 1 aliphatic heterocycles. The standard InChI is InChI=1S/C11H20N2.CHF3O3S/c1-2-3-4-5-6-7-9-13-10-8-12-11-13;2-1(3,4)8(5,6)7/h8,10-11H,2-7,9H2,1H3;(H,5,6,7). The van der Waals surface area contributed by atoms with Gasteiger partial charge in [-0.25, -0.2) is 13.4 Å². The van der Waals surface area contributed by atoms with Crippen molar-refractivity contribution in [3.8, 4) is 0 Å². The van der Waals surface area contributed by atoms with Crippen molar-refractivity contribution in [2.45, 2.75) is 51.0 Å². The number of rotatable bonds is 7. The maximum Gasteiger partial charge on any atom is 0.485 e. The van der Waals surface area contributed by atoms with Gasteiger partial charge in [-0.1, -0.05) is 32.6 Å². The smallest absolute Gasteiger partial charge is 0.485 e. The first-order valence-corrected chi connectivity index (χ1v) is 8.17. The van der Waals surface area contributed by atoms with Crippen molar-refractivity contribution in [3.05, 3.63) is 12.4 Å². The largest absolute Gasteiger partial charge is 0.741 e. The average molecular weight is 330 g/mol. The van der Waals surface area contributed by atoms with Crippen LogP contribution in [0.3, 0.4) is 0 Å². The molecular weight excluding hydrogens is 309 g/mol. The molecule has 124 valence electrons. The molecule has 1 N–H and O–H groups in total. The molecule has 0 amide bonds. The van der Waals surface area contributed by atoms with Crippen molar-refractivity contribution in [2.24, 2.45) is 4.99 Å². The summed E-state index contributed by atoms with van der Waals surface area (Å²) in [5.74, 6) is 0. The van der Waals surface area contributed by atoms with E-state index in [0.717, 1.165) is 0 Å². The summed E-state index contributed by atoms with van der Waals surface area (Å²) in [5, 5.41) is 0. The summed E-state index contributed by atoms with van der Waals surface area (Å²) >= 11 is 0. The fraction of sp³-hybridized carbons (Fsp3) is 0.750. The molecule has 1 heterocycles. The number of aliphatic imine (C=N–C) groups is 1. The van der Waals surface area contributed by atoms with Gasteiger partial charge in [0.1, 0.15) is 6.20 Å². The van der Waals surface area contributed by atoms with E-state index in [1.165, 1.54) is 50.0 Å². The molecule has 0 aromatic carbocycles. The minimum absolute atomic E-state index is 1.21. The predicted molar refractivity (Wildman–Crippen MR) is 72.6 cm³/mol. The van der Waals surface area contributed by atoms with E-state index >= 15 is 0 Å². The van der Waals surface area contributed by atoms with Gasteiger partial charge in [-0.05, 0) is 12.8 Å². The van der Waals surface area contributed by atoms with Crippen LogP contribution in [0.5, 0.6) is 0 Å². The van der Waals surface area contributed by atoms with Gasteiger partial charge in [0.15, 0.2) is 16.5 Å². The van der Waals surface area contributed by atoms with Gasteiger partial charge in [0, 0.05) is 0 Å². The lowest BCUT2D eigenvalue weighted by Gasteiger charge is -2.08. The predicted octanol–water partition coefficient (Wildman–Crippen LogP) is 1.80. The Hall–Kier alpha value is -0.930. The van der Waals surface area contributed by atoms with E-state index in [1.54, 1.807) is 0 Å². The van der Waals surface area contributed by atoms with E-state index in [0.29, 0.717) is 0 Å². The van der Waals surface area contributed by atoms with Crippen molar-refractivity contribution in [3.63, 3.8) is 0 Å². The lowest BCUT2D eigenvalue weighted by atomic mass is 10.1. The Balaban J connectivity index is 0.000000433. The Kier molecular flexibility index (Phi) is 9.47. The summed E-state index contributed by atoms with van der Waals surface area (Å²) in [4.78, 5) is 5.45. The molecular formula is C12H21F3N2O3S. The van der Waals surface area contributed by atoms with Crippen LogP contribution in [0.4, 0.5) is 13.2 Å². The number of alkyl halides is 3. The SMILES string of the molecule is CCCCCCCC[NH+]1C=CN=C1.O=S(=O)([O-])C(F)(F)F. The molecule has 0 aromatic rings. The monoisotopic (exact) mass is 330 g/mol. The second-order valence-electron chi connectivity index (χ2n) is 4.59. The minimum Gasteiger partial charge on any atom is -0.741 e. The second-order valence-corrected chi connectivity index (χ2v) is 5.96. The number of halogens is 3. The van der Waals surface area contributed by atoms with Gasteiger partial charge in [-0.2, -0.15) is 13.2 Å². The molecule has 1 unspecified atom stereocenters. The topological polar surface area (TPSA) is 74.0 Å². The normalized spacial score (nSPS) is 17.7. The van der Waals surface area contributed by atoms with E-state index in [4.69, 9.17) is 13.0 Å². The van der Waals surface area contributed by atoms with Crippen LogP contribution in [0.15, 0.2) is 17.4 Å². The fourth-order valence-corrected chi connectivity index (χ4v) is 1.58. The zero-order valence-corrected chi connectivity index (χ0v) is 12.7. The van der Waals surface area contributed by atoms with Gasteiger partial charge < -0.3 is 4.55 Å². The fourth-order valence-electron chi connectivity index (χ4n) is 1.58. The van der Waals surface area contributed by atoms with E-state index in [-0.39, 0.29) is 0 Å². The zero-order valence-electron chi connectivity index (χ0n) is 11.9. The highest BCUT2D eigenvalue weighted by Crippen LogP contribution is 2.20. The summed E-state index contributed by atoms with van der Waals surface area (Å²) in [6.45, 7) is 3.47. The van der Waals surface area contributed by atoms with E-state index in [1.807, 2.05) is 12.5 Å². The first kappa shape index (κ1) is 20.1. The highest BCUT2D eigenvalue weighted by molar-refractivity contribution is 7.86. The third kappa shape index (κ3) is 10.4. The second kappa shape index (κ2) is 9.91.